The molecule has 3 aliphatic rings. The molecule has 1 N–H and O–H groups in total. The van der Waals surface area contributed by atoms with Crippen LogP contribution in [0.25, 0.3) is 0 Å². The SMILES string of the molecule is CC1(C)OC=C(COc2ccc(C3CCC4(CO)CCCN34)cc2)O1. The molecule has 2 unspecified atom stereocenters. The van der Waals surface area contributed by atoms with Crippen LogP contribution in [0.3, 0.4) is 0 Å². The zero-order valence-electron chi connectivity index (χ0n) is 15.0. The molecule has 1 aromatic carbocycles. The van der Waals surface area contributed by atoms with E-state index < -0.39 is 5.79 Å². The van der Waals surface area contributed by atoms with Crippen LogP contribution in [0.1, 0.15) is 51.1 Å². The maximum absolute atomic E-state index is 9.86. The van der Waals surface area contributed by atoms with E-state index in [4.69, 9.17) is 14.2 Å². The van der Waals surface area contributed by atoms with Crippen molar-refractivity contribution in [2.24, 2.45) is 0 Å². The first-order valence-corrected chi connectivity index (χ1v) is 9.18. The monoisotopic (exact) mass is 345 g/mol. The van der Waals surface area contributed by atoms with Crippen LogP contribution in [-0.2, 0) is 9.47 Å². The molecule has 0 bridgehead atoms. The lowest BCUT2D eigenvalue weighted by atomic mass is 9.95. The summed E-state index contributed by atoms with van der Waals surface area (Å²) in [5.41, 5.74) is 1.34. The Morgan fingerprint density at radius 2 is 2.04 bits per heavy atom. The maximum Gasteiger partial charge on any atom is 0.244 e. The van der Waals surface area contributed by atoms with Crippen molar-refractivity contribution in [2.45, 2.75) is 56.9 Å². The third-order valence-corrected chi connectivity index (χ3v) is 5.70. The molecular formula is C20H27NO4. The predicted octanol–water partition coefficient (Wildman–Crippen LogP) is 3.35. The minimum atomic E-state index is -0.597. The van der Waals surface area contributed by atoms with E-state index in [-0.39, 0.29) is 12.1 Å². The van der Waals surface area contributed by atoms with Gasteiger partial charge < -0.3 is 19.3 Å². The lowest BCUT2D eigenvalue weighted by molar-refractivity contribution is -0.119. The molecule has 2 atom stereocenters. The first-order chi connectivity index (χ1) is 12.0. The smallest absolute Gasteiger partial charge is 0.244 e. The molecular weight excluding hydrogens is 318 g/mol. The van der Waals surface area contributed by atoms with Crippen molar-refractivity contribution in [3.63, 3.8) is 0 Å². The van der Waals surface area contributed by atoms with Gasteiger partial charge in [0.15, 0.2) is 5.76 Å². The van der Waals surface area contributed by atoms with Gasteiger partial charge in [0.2, 0.25) is 5.79 Å². The van der Waals surface area contributed by atoms with Gasteiger partial charge in [-0.25, -0.2) is 0 Å². The highest BCUT2D eigenvalue weighted by atomic mass is 16.7. The van der Waals surface area contributed by atoms with Crippen LogP contribution >= 0.6 is 0 Å². The quantitative estimate of drug-likeness (QED) is 0.887. The molecule has 0 radical (unpaired) electrons. The van der Waals surface area contributed by atoms with Gasteiger partial charge in [0.25, 0.3) is 0 Å². The Balaban J connectivity index is 1.38. The summed E-state index contributed by atoms with van der Waals surface area (Å²) in [4.78, 5) is 2.51. The number of benzene rings is 1. The fourth-order valence-corrected chi connectivity index (χ4v) is 4.45. The van der Waals surface area contributed by atoms with Gasteiger partial charge in [-0.2, -0.15) is 0 Å². The van der Waals surface area contributed by atoms with Crippen LogP contribution in [0.2, 0.25) is 0 Å². The van der Waals surface area contributed by atoms with E-state index in [0.717, 1.165) is 31.6 Å². The van der Waals surface area contributed by atoms with Crippen molar-refractivity contribution in [1.29, 1.82) is 0 Å². The van der Waals surface area contributed by atoms with E-state index in [1.54, 1.807) is 6.26 Å². The minimum absolute atomic E-state index is 0.0267. The number of rotatable bonds is 5. The number of nitrogens with zero attached hydrogens (tertiary/aromatic N) is 1. The van der Waals surface area contributed by atoms with Gasteiger partial charge in [0.05, 0.1) is 6.61 Å². The largest absolute Gasteiger partial charge is 0.486 e. The summed E-state index contributed by atoms with van der Waals surface area (Å²) in [6.45, 7) is 5.48. The van der Waals surface area contributed by atoms with E-state index in [2.05, 4.69) is 17.0 Å². The van der Waals surface area contributed by atoms with Gasteiger partial charge in [-0.15, -0.1) is 0 Å². The summed E-state index contributed by atoms with van der Waals surface area (Å²) in [5, 5.41) is 9.86. The maximum atomic E-state index is 9.86. The fraction of sp³-hybridized carbons (Fsp3) is 0.600. The zero-order valence-corrected chi connectivity index (χ0v) is 15.0. The lowest BCUT2D eigenvalue weighted by Crippen LogP contribution is -2.42. The molecule has 0 saturated carbocycles. The Kier molecular flexibility index (Phi) is 4.16. The van der Waals surface area contributed by atoms with Crippen molar-refractivity contribution in [2.75, 3.05) is 19.8 Å². The second-order valence-electron chi connectivity index (χ2n) is 7.80. The van der Waals surface area contributed by atoms with Crippen molar-refractivity contribution in [1.82, 2.24) is 4.90 Å². The highest BCUT2D eigenvalue weighted by Gasteiger charge is 2.48. The van der Waals surface area contributed by atoms with E-state index in [0.29, 0.717) is 18.4 Å². The third-order valence-electron chi connectivity index (χ3n) is 5.70. The number of aliphatic hydroxyl groups excluding tert-OH is 1. The molecule has 136 valence electrons. The Bertz CT molecular complexity index is 654. The molecule has 1 aromatic rings. The van der Waals surface area contributed by atoms with Crippen LogP contribution in [0.15, 0.2) is 36.3 Å². The van der Waals surface area contributed by atoms with Gasteiger partial charge in [-0.05, 0) is 49.9 Å². The van der Waals surface area contributed by atoms with Crippen LogP contribution in [-0.4, -0.2) is 41.1 Å². The summed E-state index contributed by atoms with van der Waals surface area (Å²) in [7, 11) is 0. The second-order valence-corrected chi connectivity index (χ2v) is 7.80. The Morgan fingerprint density at radius 1 is 1.24 bits per heavy atom. The average Bonchev–Trinajstić information content (AvgIpc) is 3.26. The first-order valence-electron chi connectivity index (χ1n) is 9.18. The number of ether oxygens (including phenoxy) is 3. The van der Waals surface area contributed by atoms with E-state index in [1.807, 2.05) is 26.0 Å². The molecule has 5 heteroatoms. The Hall–Kier alpha value is -1.72. The topological polar surface area (TPSA) is 51.2 Å². The van der Waals surface area contributed by atoms with Crippen molar-refractivity contribution >= 4 is 0 Å². The van der Waals surface area contributed by atoms with Crippen molar-refractivity contribution in [3.8, 4) is 5.75 Å². The number of hydrogen-bond donors (Lipinski definition) is 1. The summed E-state index contributed by atoms with van der Waals surface area (Å²) in [5.74, 6) is 0.931. The number of aliphatic hydroxyl groups is 1. The van der Waals surface area contributed by atoms with E-state index in [1.165, 1.54) is 12.0 Å². The molecule has 2 fully saturated rings. The standard InChI is InChI=1S/C20H27NO4/c1-19(2)24-13-17(25-19)12-23-16-6-4-15(5-7-16)18-8-10-20(14-22)9-3-11-21(18)20/h4-7,13,18,22H,3,8-12,14H2,1-2H3. The van der Waals surface area contributed by atoms with Gasteiger partial charge in [0, 0.05) is 25.4 Å². The predicted molar refractivity (Wildman–Crippen MR) is 94.0 cm³/mol. The molecule has 5 nitrogen and oxygen atoms in total. The average molecular weight is 345 g/mol. The normalized spacial score (nSPS) is 30.5. The fourth-order valence-electron chi connectivity index (χ4n) is 4.45. The van der Waals surface area contributed by atoms with Gasteiger partial charge in [-0.3, -0.25) is 4.90 Å². The summed E-state index contributed by atoms with van der Waals surface area (Å²) in [6, 6.07) is 8.75. The van der Waals surface area contributed by atoms with Crippen LogP contribution < -0.4 is 4.74 Å². The van der Waals surface area contributed by atoms with Crippen LogP contribution in [0, 0.1) is 0 Å². The van der Waals surface area contributed by atoms with E-state index >= 15 is 0 Å². The van der Waals surface area contributed by atoms with Gasteiger partial charge in [0.1, 0.15) is 18.6 Å². The van der Waals surface area contributed by atoms with Gasteiger partial charge in [-0.1, -0.05) is 12.1 Å². The Morgan fingerprint density at radius 3 is 2.72 bits per heavy atom. The zero-order chi connectivity index (χ0) is 17.5. The molecule has 3 heterocycles. The highest BCUT2D eigenvalue weighted by Crippen LogP contribution is 2.48. The minimum Gasteiger partial charge on any atom is -0.486 e. The third kappa shape index (κ3) is 3.11. The molecule has 3 aliphatic heterocycles. The highest BCUT2D eigenvalue weighted by molar-refractivity contribution is 5.31. The molecule has 0 aromatic heterocycles. The van der Waals surface area contributed by atoms with Crippen LogP contribution in [0.5, 0.6) is 5.75 Å². The molecule has 4 rings (SSSR count). The summed E-state index contributed by atoms with van der Waals surface area (Å²) in [6.07, 6.45) is 6.14. The number of fused-ring (bicyclic) bond motifs is 1. The van der Waals surface area contributed by atoms with Crippen molar-refractivity contribution < 1.29 is 19.3 Å². The Labute approximate surface area is 149 Å². The number of hydrogen-bond acceptors (Lipinski definition) is 5. The first kappa shape index (κ1) is 16.7. The van der Waals surface area contributed by atoms with E-state index in [9.17, 15) is 5.11 Å². The van der Waals surface area contributed by atoms with Crippen molar-refractivity contribution in [3.05, 3.63) is 41.9 Å². The molecule has 0 amide bonds. The second kappa shape index (κ2) is 6.22. The molecule has 0 spiro atoms. The summed E-state index contributed by atoms with van der Waals surface area (Å²) < 4.78 is 16.8. The molecule has 0 aliphatic carbocycles. The molecule has 2 saturated heterocycles. The van der Waals surface area contributed by atoms with Gasteiger partial charge >= 0.3 is 0 Å². The lowest BCUT2D eigenvalue weighted by Gasteiger charge is -2.33. The summed E-state index contributed by atoms with van der Waals surface area (Å²) >= 11 is 0. The molecule has 25 heavy (non-hydrogen) atoms. The van der Waals surface area contributed by atoms with Crippen LogP contribution in [0.4, 0.5) is 0 Å².